The van der Waals surface area contributed by atoms with Crippen molar-refractivity contribution in [3.05, 3.63) is 0 Å². The maximum atomic E-state index is 5.37. The van der Waals surface area contributed by atoms with E-state index < -0.39 is 17.7 Å². The zero-order chi connectivity index (χ0) is 6.08. The molecule has 42 valence electrons. The molecule has 0 heterocycles. The van der Waals surface area contributed by atoms with E-state index in [2.05, 4.69) is 0 Å². The van der Waals surface area contributed by atoms with Crippen molar-refractivity contribution in [1.82, 2.24) is 0 Å². The van der Waals surface area contributed by atoms with Gasteiger partial charge in [-0.15, -0.1) is 0 Å². The Labute approximate surface area is 69.5 Å². The summed E-state index contributed by atoms with van der Waals surface area (Å²) in [6.45, 7) is 0. The summed E-state index contributed by atoms with van der Waals surface area (Å²) in [6.07, 6.45) is 0. The predicted molar refractivity (Wildman–Crippen MR) is 40.8 cm³/mol. The van der Waals surface area contributed by atoms with E-state index >= 15 is 0 Å². The van der Waals surface area contributed by atoms with E-state index in [9.17, 15) is 0 Å². The minimum atomic E-state index is -2.60. The van der Waals surface area contributed by atoms with Gasteiger partial charge in [-0.25, -0.2) is 0 Å². The molecule has 0 saturated carbocycles. The molecule has 0 aromatic heterocycles. The van der Waals surface area contributed by atoms with Crippen molar-refractivity contribution in [2.24, 2.45) is 0 Å². The normalized spacial score (nSPS) is 11.6. The quantitative estimate of drug-likeness (QED) is 0.510. The SMILES string of the molecule is [Cl][Ga]([Cl])[Si](Cl)(Cl)Cl. The molecule has 0 rings (SSSR count). The van der Waals surface area contributed by atoms with Crippen LogP contribution in [0.3, 0.4) is 0 Å². The number of hydrogen-bond donors (Lipinski definition) is 0. The fourth-order valence-corrected chi connectivity index (χ4v) is 0. The predicted octanol–water partition coefficient (Wildman–Crippen LogP) is 2.69. The molecule has 0 unspecified atom stereocenters. The molecule has 0 aromatic carbocycles. The molecule has 0 radical (unpaired) electrons. The monoisotopic (exact) mass is 272 g/mol. The van der Waals surface area contributed by atoms with Crippen molar-refractivity contribution >= 4 is 70.2 Å². The molecule has 0 amide bonds. The molecule has 0 saturated heterocycles. The third-order valence-electron chi connectivity index (χ3n) is 0.247. The second-order valence-corrected chi connectivity index (χ2v) is 35.2. The molecule has 0 fully saturated rings. The van der Waals surface area contributed by atoms with Crippen LogP contribution in [0, 0.1) is 0 Å². The fourth-order valence-electron chi connectivity index (χ4n) is 0. The molecule has 0 spiro atoms. The molecule has 0 nitrogen and oxygen atoms in total. The average Bonchev–Trinajstić information content (AvgIpc) is 1.31. The van der Waals surface area contributed by atoms with Gasteiger partial charge in [0.1, 0.15) is 0 Å². The second kappa shape index (κ2) is 3.47. The third kappa shape index (κ3) is 4.78. The Balaban J connectivity index is 3.54. The van der Waals surface area contributed by atoms with Gasteiger partial charge in [0.2, 0.25) is 0 Å². The van der Waals surface area contributed by atoms with E-state index in [1.54, 1.807) is 0 Å². The number of rotatable bonds is 1. The van der Waals surface area contributed by atoms with Gasteiger partial charge in [0.15, 0.2) is 0 Å². The van der Waals surface area contributed by atoms with E-state index in [0.717, 1.165) is 0 Å². The van der Waals surface area contributed by atoms with Crippen LogP contribution in [0.25, 0.3) is 0 Å². The Bertz CT molecular complexity index is 53.6. The maximum absolute atomic E-state index is 5.37. The van der Waals surface area contributed by atoms with E-state index in [1.165, 1.54) is 0 Å². The van der Waals surface area contributed by atoms with Gasteiger partial charge in [-0.1, -0.05) is 0 Å². The van der Waals surface area contributed by atoms with Crippen molar-refractivity contribution in [1.29, 1.82) is 0 Å². The van der Waals surface area contributed by atoms with Gasteiger partial charge >= 0.3 is 70.2 Å². The summed E-state index contributed by atoms with van der Waals surface area (Å²) in [7, 11) is 10.7. The van der Waals surface area contributed by atoms with Crippen molar-refractivity contribution < 1.29 is 0 Å². The molecule has 0 aliphatic rings. The Hall–Kier alpha value is 2.30. The zero-order valence-electron chi connectivity index (χ0n) is 2.97. The van der Waals surface area contributed by atoms with Crippen molar-refractivity contribution in [2.45, 2.75) is 0 Å². The van der Waals surface area contributed by atoms with Gasteiger partial charge < -0.3 is 0 Å². The standard InChI is InChI=1S/Cl3Si.2ClH.Ga/c1-4(2)3;;;/h;2*1H;/q;;;+2/p-2. The Morgan fingerprint density at radius 3 is 1.14 bits per heavy atom. The molecule has 0 bridgehead atoms. The first-order chi connectivity index (χ1) is 2.94. The molecular weight excluding hydrogens is 275 g/mol. The molecule has 7 heteroatoms. The molecule has 0 atom stereocenters. The van der Waals surface area contributed by atoms with Crippen LogP contribution in [-0.4, -0.2) is 17.7 Å². The first-order valence-corrected chi connectivity index (χ1v) is 16.4. The van der Waals surface area contributed by atoms with Gasteiger partial charge in [0, 0.05) is 0 Å². The van der Waals surface area contributed by atoms with E-state index in [0.29, 0.717) is 0 Å². The summed E-state index contributed by atoms with van der Waals surface area (Å²) in [4.78, 5) is 0. The average molecular weight is 275 g/mol. The van der Waals surface area contributed by atoms with Gasteiger partial charge in [-0.3, -0.25) is 0 Å². The van der Waals surface area contributed by atoms with Crippen molar-refractivity contribution in [3.63, 3.8) is 0 Å². The topological polar surface area (TPSA) is 0 Å². The zero-order valence-corrected chi connectivity index (χ0v) is 10.2. The van der Waals surface area contributed by atoms with Gasteiger partial charge in [-0.05, 0) is 0 Å². The van der Waals surface area contributed by atoms with Crippen LogP contribution in [-0.2, 0) is 0 Å². The van der Waals surface area contributed by atoms with Crippen LogP contribution in [0.1, 0.15) is 0 Å². The summed E-state index contributed by atoms with van der Waals surface area (Å²) >= 11 is 13.7. The summed E-state index contributed by atoms with van der Waals surface area (Å²) in [6, 6.07) is 0. The number of hydrogen-bond acceptors (Lipinski definition) is 0. The second-order valence-electron chi connectivity index (χ2n) is 0.842. The molecule has 0 aliphatic carbocycles. The minimum absolute atomic E-state index is 2.38. The third-order valence-corrected chi connectivity index (χ3v) is 34.7. The van der Waals surface area contributed by atoms with Gasteiger partial charge in [0.05, 0.1) is 0 Å². The summed E-state index contributed by atoms with van der Waals surface area (Å²) in [5.74, 6) is 0. The molecule has 0 N–H and O–H groups in total. The summed E-state index contributed by atoms with van der Waals surface area (Å²) in [5, 5.41) is 0. The molecular formula is Cl5GaSi. The van der Waals surface area contributed by atoms with Crippen LogP contribution >= 0.6 is 52.5 Å². The van der Waals surface area contributed by atoms with E-state index in [1.807, 2.05) is 0 Å². The first kappa shape index (κ1) is 9.30. The first-order valence-electron chi connectivity index (χ1n) is 1.29. The fraction of sp³-hybridized carbons (Fsp3) is 0. The van der Waals surface area contributed by atoms with E-state index in [-0.39, 0.29) is 0 Å². The van der Waals surface area contributed by atoms with Gasteiger partial charge in [0.25, 0.3) is 0 Å². The van der Waals surface area contributed by atoms with Crippen molar-refractivity contribution in [3.8, 4) is 0 Å². The Kier molecular flexibility index (Phi) is 4.61. The number of halogens is 5. The molecule has 0 aliphatic heterocycles. The van der Waals surface area contributed by atoms with Gasteiger partial charge in [-0.2, -0.15) is 0 Å². The van der Waals surface area contributed by atoms with Crippen LogP contribution in [0.5, 0.6) is 0 Å². The Morgan fingerprint density at radius 1 is 1.00 bits per heavy atom. The van der Waals surface area contributed by atoms with Crippen LogP contribution in [0.2, 0.25) is 0 Å². The molecule has 0 aromatic rings. The Morgan fingerprint density at radius 2 is 1.14 bits per heavy atom. The van der Waals surface area contributed by atoms with E-state index in [4.69, 9.17) is 52.5 Å². The van der Waals surface area contributed by atoms with Crippen LogP contribution < -0.4 is 0 Å². The van der Waals surface area contributed by atoms with Crippen LogP contribution in [0.15, 0.2) is 0 Å². The molecule has 7 heavy (non-hydrogen) atoms. The van der Waals surface area contributed by atoms with Crippen LogP contribution in [0.4, 0.5) is 0 Å². The summed E-state index contributed by atoms with van der Waals surface area (Å²) < 4.78 is -2.60. The summed E-state index contributed by atoms with van der Waals surface area (Å²) in [5.41, 5.74) is 0. The van der Waals surface area contributed by atoms with Crippen molar-refractivity contribution in [2.75, 3.05) is 0 Å².